The fraction of sp³-hybridized carbons (Fsp3) is 1.00. The quantitative estimate of drug-likeness (QED) is 0.223. The Bertz CT molecular complexity index is 126. The smallest absolute Gasteiger partial charge is 0.101 e. The van der Waals surface area contributed by atoms with Crippen LogP contribution in [0.25, 0.3) is 10.4 Å². The minimum Gasteiger partial charge on any atom is -0.309 e. The summed E-state index contributed by atoms with van der Waals surface area (Å²) in [6.07, 6.45) is 0. The highest BCUT2D eigenvalue weighted by Gasteiger charge is 2.07. The van der Waals surface area contributed by atoms with Crippen molar-refractivity contribution < 1.29 is 0 Å². The second-order valence-corrected chi connectivity index (χ2v) is 1.88. The molecule has 1 saturated heterocycles. The Hall–Kier alpha value is -0.713. The van der Waals surface area contributed by atoms with Gasteiger partial charge in [0.15, 0.2) is 0 Å². The van der Waals surface area contributed by atoms with Gasteiger partial charge in [0.25, 0.3) is 0 Å². The van der Waals surface area contributed by atoms with Gasteiger partial charge in [0.1, 0.15) is 13.1 Å². The summed E-state index contributed by atoms with van der Waals surface area (Å²) in [6.45, 7) is 3.48. The van der Waals surface area contributed by atoms with E-state index in [4.69, 9.17) is 5.53 Å². The number of nitrogens with one attached hydrogen (secondary N) is 1. The zero-order chi connectivity index (χ0) is 6.53. The molecule has 0 unspecified atom stereocenters. The first-order valence-electron chi connectivity index (χ1n) is 2.94. The van der Waals surface area contributed by atoms with Crippen LogP contribution in [0.5, 0.6) is 0 Å². The fourth-order valence-corrected chi connectivity index (χ4v) is 0.799. The molecule has 0 aliphatic carbocycles. The summed E-state index contributed by atoms with van der Waals surface area (Å²) in [5.74, 6) is 0. The van der Waals surface area contributed by atoms with Gasteiger partial charge in [-0.2, -0.15) is 4.91 Å². The predicted octanol–water partition coefficient (Wildman–Crippen LogP) is -1.33. The molecule has 1 fully saturated rings. The standard InChI is InChI=1S/C4H9N5.H4Si/c5-7-8-9-3-1-6-2-4-9;/h6H,1-4H2;1H4. The number of rotatable bonds is 1. The molecule has 0 radical (unpaired) electrons. The fourth-order valence-electron chi connectivity index (χ4n) is 0.799. The van der Waals surface area contributed by atoms with Crippen LogP contribution >= 0.6 is 0 Å². The van der Waals surface area contributed by atoms with E-state index in [9.17, 15) is 0 Å². The van der Waals surface area contributed by atoms with Crippen LogP contribution in [-0.4, -0.2) is 42.2 Å². The summed E-state index contributed by atoms with van der Waals surface area (Å²) in [7, 11) is 0. The van der Waals surface area contributed by atoms with Crippen LogP contribution < -0.4 is 5.32 Å². The van der Waals surface area contributed by atoms with Gasteiger partial charge in [-0.05, 0) is 16.2 Å². The van der Waals surface area contributed by atoms with Crippen molar-refractivity contribution in [3.63, 3.8) is 0 Å². The van der Waals surface area contributed by atoms with Crippen LogP contribution in [0.2, 0.25) is 0 Å². The lowest BCUT2D eigenvalue weighted by atomic mass is 10.4. The second-order valence-electron chi connectivity index (χ2n) is 1.88. The van der Waals surface area contributed by atoms with Crippen molar-refractivity contribution in [3.8, 4) is 0 Å². The highest BCUT2D eigenvalue weighted by atomic mass is 28.1. The molecule has 0 spiro atoms. The summed E-state index contributed by atoms with van der Waals surface area (Å²) < 4.78 is 0. The molecule has 5 nitrogen and oxygen atoms in total. The molecule has 10 heavy (non-hydrogen) atoms. The molecule has 1 aliphatic rings. The molecule has 0 aromatic heterocycles. The van der Waals surface area contributed by atoms with Crippen molar-refractivity contribution in [1.82, 2.24) is 10.3 Å². The van der Waals surface area contributed by atoms with Crippen molar-refractivity contribution >= 4 is 11.0 Å². The number of hydrogen-bond donors (Lipinski definition) is 1. The van der Waals surface area contributed by atoms with Crippen LogP contribution in [0.15, 0.2) is 5.22 Å². The van der Waals surface area contributed by atoms with Crippen molar-refractivity contribution in [3.05, 3.63) is 10.4 Å². The average Bonchev–Trinajstić information content (AvgIpc) is 1.91. The molecule has 0 bridgehead atoms. The van der Waals surface area contributed by atoms with Crippen LogP contribution in [0.3, 0.4) is 0 Å². The predicted molar refractivity (Wildman–Crippen MR) is 44.9 cm³/mol. The molecular weight excluding hydrogens is 146 g/mol. The maximum absolute atomic E-state index is 8.01. The first-order chi connectivity index (χ1) is 4.43. The summed E-state index contributed by atoms with van der Waals surface area (Å²) in [5.41, 5.74) is 8.01. The van der Waals surface area contributed by atoms with Gasteiger partial charge < -0.3 is 5.32 Å². The maximum atomic E-state index is 8.01. The van der Waals surface area contributed by atoms with E-state index in [2.05, 4.69) is 15.5 Å². The van der Waals surface area contributed by atoms with Crippen molar-refractivity contribution in [2.75, 3.05) is 26.2 Å². The molecule has 6 heteroatoms. The number of nitrogens with zero attached hydrogens (tertiary/aromatic N) is 4. The Morgan fingerprint density at radius 3 is 2.50 bits per heavy atom. The van der Waals surface area contributed by atoms with Gasteiger partial charge in [-0.15, -0.1) is 5.53 Å². The Kier molecular flexibility index (Phi) is 4.74. The maximum Gasteiger partial charge on any atom is 0.101 e. The largest absolute Gasteiger partial charge is 0.309 e. The molecule has 1 aliphatic heterocycles. The van der Waals surface area contributed by atoms with E-state index in [-0.39, 0.29) is 11.0 Å². The Balaban J connectivity index is 0.000000810. The molecule has 0 saturated carbocycles. The van der Waals surface area contributed by atoms with Gasteiger partial charge in [-0.1, -0.05) is 0 Å². The monoisotopic (exact) mass is 159 g/mol. The van der Waals surface area contributed by atoms with E-state index < -0.39 is 0 Å². The third-order valence-corrected chi connectivity index (χ3v) is 1.26. The van der Waals surface area contributed by atoms with Crippen molar-refractivity contribution in [1.29, 1.82) is 0 Å². The van der Waals surface area contributed by atoms with E-state index in [1.54, 1.807) is 5.01 Å². The lowest BCUT2D eigenvalue weighted by molar-refractivity contribution is 0.248. The Morgan fingerprint density at radius 2 is 2.00 bits per heavy atom. The van der Waals surface area contributed by atoms with Gasteiger partial charge in [0.05, 0.1) is 0 Å². The lowest BCUT2D eigenvalue weighted by Gasteiger charge is -2.18. The molecule has 0 atom stereocenters. The third-order valence-electron chi connectivity index (χ3n) is 1.26. The van der Waals surface area contributed by atoms with E-state index in [1.165, 1.54) is 0 Å². The van der Waals surface area contributed by atoms with Gasteiger partial charge in [0, 0.05) is 13.1 Å². The summed E-state index contributed by atoms with van der Waals surface area (Å²) in [6, 6.07) is 0. The van der Waals surface area contributed by atoms with E-state index in [0.717, 1.165) is 26.2 Å². The average molecular weight is 159 g/mol. The number of piperazine rings is 1. The summed E-state index contributed by atoms with van der Waals surface area (Å²) >= 11 is 0. The van der Waals surface area contributed by atoms with Gasteiger partial charge in [-0.25, -0.2) is 5.01 Å². The molecule has 58 valence electrons. The van der Waals surface area contributed by atoms with Gasteiger partial charge >= 0.3 is 0 Å². The molecule has 1 heterocycles. The minimum absolute atomic E-state index is 0. The van der Waals surface area contributed by atoms with Crippen molar-refractivity contribution in [2.24, 2.45) is 5.22 Å². The van der Waals surface area contributed by atoms with Crippen LogP contribution in [0.1, 0.15) is 0 Å². The zero-order valence-corrected chi connectivity index (χ0v) is 5.12. The molecule has 1 N–H and O–H groups in total. The first-order valence-corrected chi connectivity index (χ1v) is 2.94. The SMILES string of the molecule is [N-]=[N+]=NN1CCNCC1.[SiH4]. The van der Waals surface area contributed by atoms with E-state index in [0.29, 0.717) is 0 Å². The summed E-state index contributed by atoms with van der Waals surface area (Å²) in [4.78, 5) is 2.68. The molecule has 0 amide bonds. The van der Waals surface area contributed by atoms with Crippen molar-refractivity contribution in [2.45, 2.75) is 0 Å². The number of azide groups is 1. The Morgan fingerprint density at radius 1 is 1.40 bits per heavy atom. The first kappa shape index (κ1) is 9.29. The molecule has 1 rings (SSSR count). The Labute approximate surface area is 64.0 Å². The van der Waals surface area contributed by atoms with Gasteiger partial charge in [-0.3, -0.25) is 0 Å². The molecule has 0 aromatic rings. The highest BCUT2D eigenvalue weighted by molar-refractivity contribution is 5.75. The van der Waals surface area contributed by atoms with Crippen LogP contribution in [0, 0.1) is 0 Å². The van der Waals surface area contributed by atoms with Gasteiger partial charge in [0.2, 0.25) is 0 Å². The van der Waals surface area contributed by atoms with Crippen LogP contribution in [-0.2, 0) is 0 Å². The molecular formula is C4H13N5Si. The van der Waals surface area contributed by atoms with E-state index >= 15 is 0 Å². The third kappa shape index (κ3) is 2.72. The topological polar surface area (TPSA) is 64.0 Å². The highest BCUT2D eigenvalue weighted by Crippen LogP contribution is 1.91. The second kappa shape index (κ2) is 5.10. The number of hydrogen-bond acceptors (Lipinski definition) is 2. The summed E-state index contributed by atoms with van der Waals surface area (Å²) in [5, 5.41) is 8.32. The van der Waals surface area contributed by atoms with Crippen LogP contribution in [0.4, 0.5) is 0 Å². The lowest BCUT2D eigenvalue weighted by Crippen LogP contribution is -2.40. The van der Waals surface area contributed by atoms with E-state index in [1.807, 2.05) is 0 Å². The normalized spacial score (nSPS) is 17.0. The molecule has 0 aromatic carbocycles. The minimum atomic E-state index is 0. The zero-order valence-electron chi connectivity index (χ0n) is 5.12.